The molecule has 0 saturated heterocycles. The SMILES string of the molecule is Cc1ccc(-c2ncco2)cc1NC(=O)NC(C)(C)CO. The Kier molecular flexibility index (Phi) is 4.28. The summed E-state index contributed by atoms with van der Waals surface area (Å²) in [5.74, 6) is 0.495. The molecule has 0 aliphatic heterocycles. The van der Waals surface area contributed by atoms with Gasteiger partial charge in [-0.3, -0.25) is 0 Å². The van der Waals surface area contributed by atoms with Crippen molar-refractivity contribution >= 4 is 11.7 Å². The maximum Gasteiger partial charge on any atom is 0.319 e. The van der Waals surface area contributed by atoms with E-state index >= 15 is 0 Å². The number of benzene rings is 1. The van der Waals surface area contributed by atoms with Crippen LogP contribution < -0.4 is 10.6 Å². The van der Waals surface area contributed by atoms with Gasteiger partial charge >= 0.3 is 6.03 Å². The molecule has 0 bridgehead atoms. The monoisotopic (exact) mass is 289 g/mol. The minimum Gasteiger partial charge on any atom is -0.445 e. The molecule has 2 amide bonds. The van der Waals surface area contributed by atoms with E-state index in [1.165, 1.54) is 6.26 Å². The molecule has 0 saturated carbocycles. The third-order valence-corrected chi connectivity index (χ3v) is 3.01. The van der Waals surface area contributed by atoms with Crippen molar-refractivity contribution in [1.29, 1.82) is 0 Å². The first-order valence-corrected chi connectivity index (χ1v) is 6.62. The summed E-state index contributed by atoms with van der Waals surface area (Å²) >= 11 is 0. The van der Waals surface area contributed by atoms with Gasteiger partial charge < -0.3 is 20.2 Å². The molecule has 0 aliphatic rings. The average Bonchev–Trinajstić information content (AvgIpc) is 2.94. The number of amides is 2. The fourth-order valence-electron chi connectivity index (χ4n) is 1.76. The van der Waals surface area contributed by atoms with Gasteiger partial charge in [0.05, 0.1) is 18.3 Å². The lowest BCUT2D eigenvalue weighted by Gasteiger charge is -2.24. The molecule has 1 aromatic carbocycles. The van der Waals surface area contributed by atoms with Crippen LogP contribution >= 0.6 is 0 Å². The molecule has 0 fully saturated rings. The molecule has 6 nitrogen and oxygen atoms in total. The van der Waals surface area contributed by atoms with E-state index in [0.29, 0.717) is 11.6 Å². The zero-order valence-electron chi connectivity index (χ0n) is 12.3. The van der Waals surface area contributed by atoms with E-state index in [9.17, 15) is 4.79 Å². The summed E-state index contributed by atoms with van der Waals surface area (Å²) in [7, 11) is 0. The van der Waals surface area contributed by atoms with E-state index in [4.69, 9.17) is 9.52 Å². The Hall–Kier alpha value is -2.34. The van der Waals surface area contributed by atoms with Gasteiger partial charge in [0.15, 0.2) is 0 Å². The van der Waals surface area contributed by atoms with Crippen molar-refractivity contribution in [3.05, 3.63) is 36.2 Å². The molecule has 0 radical (unpaired) electrons. The van der Waals surface area contributed by atoms with Crippen LogP contribution in [0.5, 0.6) is 0 Å². The molecule has 2 rings (SSSR count). The van der Waals surface area contributed by atoms with E-state index in [1.807, 2.05) is 19.1 Å². The Morgan fingerprint density at radius 3 is 2.81 bits per heavy atom. The number of carbonyl (C=O) groups excluding carboxylic acids is 1. The third kappa shape index (κ3) is 3.82. The van der Waals surface area contributed by atoms with Gasteiger partial charge in [-0.25, -0.2) is 9.78 Å². The fraction of sp³-hybridized carbons (Fsp3) is 0.333. The molecule has 0 unspecified atom stereocenters. The number of aliphatic hydroxyl groups excluding tert-OH is 1. The van der Waals surface area contributed by atoms with Gasteiger partial charge in [-0.1, -0.05) is 6.07 Å². The second-order valence-electron chi connectivity index (χ2n) is 5.49. The van der Waals surface area contributed by atoms with Gasteiger partial charge in [-0.15, -0.1) is 0 Å². The van der Waals surface area contributed by atoms with Gasteiger partial charge in [0.2, 0.25) is 5.89 Å². The standard InChI is InChI=1S/C15H19N3O3/c1-10-4-5-11(13-16-6-7-21-13)8-12(10)17-14(20)18-15(2,3)9-19/h4-8,19H,9H2,1-3H3,(H2,17,18,20). The highest BCUT2D eigenvalue weighted by molar-refractivity contribution is 5.91. The molecular weight excluding hydrogens is 270 g/mol. The van der Waals surface area contributed by atoms with Crippen LogP contribution in [-0.4, -0.2) is 28.3 Å². The number of aliphatic hydroxyl groups is 1. The molecule has 0 atom stereocenters. The van der Waals surface area contributed by atoms with Gasteiger partial charge in [0.1, 0.15) is 6.26 Å². The van der Waals surface area contributed by atoms with Crippen LogP contribution in [0.1, 0.15) is 19.4 Å². The van der Waals surface area contributed by atoms with Crippen molar-refractivity contribution < 1.29 is 14.3 Å². The van der Waals surface area contributed by atoms with Gasteiger partial charge in [0, 0.05) is 11.3 Å². The van der Waals surface area contributed by atoms with Crippen LogP contribution in [-0.2, 0) is 0 Å². The highest BCUT2D eigenvalue weighted by atomic mass is 16.3. The highest BCUT2D eigenvalue weighted by Crippen LogP contribution is 2.24. The fourth-order valence-corrected chi connectivity index (χ4v) is 1.76. The Balaban J connectivity index is 2.16. The van der Waals surface area contributed by atoms with E-state index in [-0.39, 0.29) is 12.6 Å². The van der Waals surface area contributed by atoms with Crippen molar-refractivity contribution in [3.63, 3.8) is 0 Å². The molecule has 1 aromatic heterocycles. The highest BCUT2D eigenvalue weighted by Gasteiger charge is 2.19. The lowest BCUT2D eigenvalue weighted by atomic mass is 10.1. The number of aromatic nitrogens is 1. The number of nitrogens with one attached hydrogen (secondary N) is 2. The zero-order chi connectivity index (χ0) is 15.5. The first-order chi connectivity index (χ1) is 9.91. The smallest absolute Gasteiger partial charge is 0.319 e. The zero-order valence-corrected chi connectivity index (χ0v) is 12.3. The molecule has 3 N–H and O–H groups in total. The number of oxazole rings is 1. The Morgan fingerprint density at radius 1 is 1.43 bits per heavy atom. The third-order valence-electron chi connectivity index (χ3n) is 3.01. The van der Waals surface area contributed by atoms with E-state index in [1.54, 1.807) is 26.1 Å². The maximum atomic E-state index is 12.0. The summed E-state index contributed by atoms with van der Waals surface area (Å²) in [6, 6.07) is 5.18. The molecule has 0 aliphatic carbocycles. The Labute approximate surface area is 123 Å². The summed E-state index contributed by atoms with van der Waals surface area (Å²) in [4.78, 5) is 16.0. The van der Waals surface area contributed by atoms with Crippen LogP contribution in [0.25, 0.3) is 11.5 Å². The number of hydrogen-bond donors (Lipinski definition) is 3. The first kappa shape index (κ1) is 15.1. The van der Waals surface area contributed by atoms with Crippen molar-refractivity contribution in [2.45, 2.75) is 26.3 Å². The van der Waals surface area contributed by atoms with Crippen molar-refractivity contribution in [1.82, 2.24) is 10.3 Å². The summed E-state index contributed by atoms with van der Waals surface area (Å²) in [5.41, 5.74) is 1.68. The number of urea groups is 1. The van der Waals surface area contributed by atoms with Crippen LogP contribution in [0.15, 0.2) is 35.1 Å². The number of anilines is 1. The van der Waals surface area contributed by atoms with E-state index in [0.717, 1.165) is 11.1 Å². The number of carbonyl (C=O) groups is 1. The summed E-state index contributed by atoms with van der Waals surface area (Å²) in [5, 5.41) is 14.6. The van der Waals surface area contributed by atoms with Gasteiger partial charge in [-0.2, -0.15) is 0 Å². The molecular formula is C15H19N3O3. The first-order valence-electron chi connectivity index (χ1n) is 6.62. The summed E-state index contributed by atoms with van der Waals surface area (Å²) < 4.78 is 5.24. The minimum atomic E-state index is -0.682. The van der Waals surface area contributed by atoms with Crippen molar-refractivity contribution in [2.24, 2.45) is 0 Å². The van der Waals surface area contributed by atoms with Crippen LogP contribution in [0.3, 0.4) is 0 Å². The van der Waals surface area contributed by atoms with Crippen molar-refractivity contribution in [2.75, 3.05) is 11.9 Å². The lowest BCUT2D eigenvalue weighted by molar-refractivity contribution is 0.187. The molecule has 6 heteroatoms. The van der Waals surface area contributed by atoms with Crippen LogP contribution in [0.4, 0.5) is 10.5 Å². The topological polar surface area (TPSA) is 87.4 Å². The number of rotatable bonds is 4. The van der Waals surface area contributed by atoms with Crippen molar-refractivity contribution in [3.8, 4) is 11.5 Å². The number of aryl methyl sites for hydroxylation is 1. The second-order valence-corrected chi connectivity index (χ2v) is 5.49. The number of hydrogen-bond acceptors (Lipinski definition) is 4. The van der Waals surface area contributed by atoms with E-state index < -0.39 is 5.54 Å². The molecule has 112 valence electrons. The average molecular weight is 289 g/mol. The predicted octanol–water partition coefficient (Wildman–Crippen LogP) is 2.54. The van der Waals surface area contributed by atoms with Crippen LogP contribution in [0.2, 0.25) is 0 Å². The lowest BCUT2D eigenvalue weighted by Crippen LogP contribution is -2.48. The molecule has 1 heterocycles. The van der Waals surface area contributed by atoms with E-state index in [2.05, 4.69) is 15.6 Å². The Bertz CT molecular complexity index is 621. The van der Waals surface area contributed by atoms with Crippen LogP contribution in [0, 0.1) is 6.92 Å². The largest absolute Gasteiger partial charge is 0.445 e. The molecule has 0 spiro atoms. The minimum absolute atomic E-state index is 0.143. The predicted molar refractivity (Wildman–Crippen MR) is 80.0 cm³/mol. The number of nitrogens with zero attached hydrogens (tertiary/aromatic N) is 1. The summed E-state index contributed by atoms with van der Waals surface area (Å²) in [6.07, 6.45) is 3.07. The second kappa shape index (κ2) is 5.97. The van der Waals surface area contributed by atoms with Gasteiger partial charge in [-0.05, 0) is 38.5 Å². The quantitative estimate of drug-likeness (QED) is 0.807. The van der Waals surface area contributed by atoms with Gasteiger partial charge in [0.25, 0.3) is 0 Å². The normalized spacial score (nSPS) is 11.2. The molecule has 2 aromatic rings. The maximum absolute atomic E-state index is 12.0. The summed E-state index contributed by atoms with van der Waals surface area (Å²) in [6.45, 7) is 5.23. The molecule has 21 heavy (non-hydrogen) atoms. The Morgan fingerprint density at radius 2 is 2.19 bits per heavy atom.